The molecule has 3 N–H and O–H groups in total. The van der Waals surface area contributed by atoms with Crippen molar-refractivity contribution in [3.8, 4) is 0 Å². The number of aromatic nitrogens is 1. The summed E-state index contributed by atoms with van der Waals surface area (Å²) >= 11 is 0. The molecule has 0 aliphatic rings. The average Bonchev–Trinajstić information content (AvgIpc) is 2.46. The van der Waals surface area contributed by atoms with Gasteiger partial charge in [-0.1, -0.05) is 18.2 Å². The molecule has 0 bridgehead atoms. The average molecular weight is 294 g/mol. The van der Waals surface area contributed by atoms with Crippen molar-refractivity contribution in [2.24, 2.45) is 5.73 Å². The number of rotatable bonds is 3. The number of nitrogens with two attached hydrogens (primary N) is 1. The van der Waals surface area contributed by atoms with E-state index in [9.17, 15) is 18.3 Å². The summed E-state index contributed by atoms with van der Waals surface area (Å²) in [6, 6.07) is 8.30. The van der Waals surface area contributed by atoms with Gasteiger partial charge in [0.25, 0.3) is 0 Å². The third-order valence-corrected chi connectivity index (χ3v) is 2.97. The lowest BCUT2D eigenvalue weighted by Gasteiger charge is -2.09. The number of benzene rings is 1. The first-order chi connectivity index (χ1) is 9.91. The second-order valence-corrected chi connectivity index (χ2v) is 4.43. The fourth-order valence-corrected chi connectivity index (χ4v) is 1.92. The number of pyridine rings is 1. The van der Waals surface area contributed by atoms with Gasteiger partial charge in [-0.05, 0) is 35.7 Å². The smallest absolute Gasteiger partial charge is 0.416 e. The zero-order valence-corrected chi connectivity index (χ0v) is 10.9. The maximum Gasteiger partial charge on any atom is 0.416 e. The molecule has 6 heteroatoms. The summed E-state index contributed by atoms with van der Waals surface area (Å²) < 4.78 is 37.5. The Kier molecular flexibility index (Phi) is 4.16. The van der Waals surface area contributed by atoms with E-state index in [0.717, 1.165) is 18.3 Å². The van der Waals surface area contributed by atoms with E-state index in [2.05, 4.69) is 4.98 Å². The Balaban J connectivity index is 2.27. The predicted octanol–water partition coefficient (Wildman–Crippen LogP) is 3.51. The minimum Gasteiger partial charge on any atom is -0.504 e. The minimum absolute atomic E-state index is 0.169. The SMILES string of the molecule is N/C=C(\O)c1ncccc1Cc1ccc(C(F)(F)F)cc1. The monoisotopic (exact) mass is 294 g/mol. The van der Waals surface area contributed by atoms with Gasteiger partial charge >= 0.3 is 6.18 Å². The highest BCUT2D eigenvalue weighted by Gasteiger charge is 2.29. The van der Waals surface area contributed by atoms with E-state index in [0.29, 0.717) is 23.2 Å². The molecule has 2 rings (SSSR count). The summed E-state index contributed by atoms with van der Waals surface area (Å²) in [5.41, 5.74) is 6.24. The molecule has 21 heavy (non-hydrogen) atoms. The topological polar surface area (TPSA) is 59.1 Å². The van der Waals surface area contributed by atoms with Crippen molar-refractivity contribution >= 4 is 5.76 Å². The summed E-state index contributed by atoms with van der Waals surface area (Å²) in [5.74, 6) is -0.169. The van der Waals surface area contributed by atoms with Crippen molar-refractivity contribution in [1.29, 1.82) is 0 Å². The molecule has 0 atom stereocenters. The van der Waals surface area contributed by atoms with Crippen molar-refractivity contribution in [1.82, 2.24) is 4.98 Å². The Labute approximate surface area is 119 Å². The van der Waals surface area contributed by atoms with Crippen molar-refractivity contribution in [2.75, 3.05) is 0 Å². The summed E-state index contributed by atoms with van der Waals surface area (Å²) in [7, 11) is 0. The highest BCUT2D eigenvalue weighted by Crippen LogP contribution is 2.29. The van der Waals surface area contributed by atoms with Crippen LogP contribution in [0.25, 0.3) is 5.76 Å². The van der Waals surface area contributed by atoms with Gasteiger partial charge < -0.3 is 10.8 Å². The molecule has 2 aromatic rings. The third-order valence-electron chi connectivity index (χ3n) is 2.97. The Morgan fingerprint density at radius 1 is 1.19 bits per heavy atom. The van der Waals surface area contributed by atoms with Crippen LogP contribution in [0.3, 0.4) is 0 Å². The normalized spacial score (nSPS) is 12.4. The van der Waals surface area contributed by atoms with Crippen molar-refractivity contribution in [2.45, 2.75) is 12.6 Å². The molecular formula is C15H13F3N2O. The van der Waals surface area contributed by atoms with Crippen LogP contribution in [0.4, 0.5) is 13.2 Å². The van der Waals surface area contributed by atoms with Gasteiger partial charge in [-0.25, -0.2) is 0 Å². The van der Waals surface area contributed by atoms with Gasteiger partial charge in [-0.2, -0.15) is 13.2 Å². The van der Waals surface area contributed by atoms with Crippen LogP contribution >= 0.6 is 0 Å². The Bertz CT molecular complexity index is 649. The number of aliphatic hydroxyl groups is 1. The lowest BCUT2D eigenvalue weighted by molar-refractivity contribution is -0.137. The Morgan fingerprint density at radius 2 is 1.86 bits per heavy atom. The van der Waals surface area contributed by atoms with E-state index in [1.807, 2.05) is 0 Å². The Hall–Kier alpha value is -2.50. The quantitative estimate of drug-likeness (QED) is 0.852. The molecule has 1 aromatic heterocycles. The Morgan fingerprint density at radius 3 is 2.43 bits per heavy atom. The van der Waals surface area contributed by atoms with Crippen LogP contribution in [-0.4, -0.2) is 10.1 Å². The van der Waals surface area contributed by atoms with Gasteiger partial charge in [-0.3, -0.25) is 4.98 Å². The molecule has 1 aromatic carbocycles. The highest BCUT2D eigenvalue weighted by atomic mass is 19.4. The molecule has 0 amide bonds. The molecule has 0 aliphatic carbocycles. The number of hydrogen-bond donors (Lipinski definition) is 2. The summed E-state index contributed by atoms with van der Waals surface area (Å²) in [4.78, 5) is 4.02. The minimum atomic E-state index is -4.35. The lowest BCUT2D eigenvalue weighted by Crippen LogP contribution is -2.05. The van der Waals surface area contributed by atoms with Crippen molar-refractivity contribution in [3.05, 3.63) is 71.2 Å². The van der Waals surface area contributed by atoms with E-state index in [4.69, 9.17) is 5.73 Å². The number of alkyl halides is 3. The molecule has 0 saturated carbocycles. The lowest BCUT2D eigenvalue weighted by atomic mass is 10.0. The van der Waals surface area contributed by atoms with Crippen molar-refractivity contribution < 1.29 is 18.3 Å². The fraction of sp³-hybridized carbons (Fsp3) is 0.133. The van der Waals surface area contributed by atoms with E-state index < -0.39 is 11.7 Å². The van der Waals surface area contributed by atoms with Gasteiger partial charge in [0, 0.05) is 12.4 Å². The van der Waals surface area contributed by atoms with Crippen LogP contribution in [0.5, 0.6) is 0 Å². The van der Waals surface area contributed by atoms with Crippen molar-refractivity contribution in [3.63, 3.8) is 0 Å². The maximum absolute atomic E-state index is 12.5. The first-order valence-corrected chi connectivity index (χ1v) is 6.13. The zero-order valence-electron chi connectivity index (χ0n) is 10.9. The van der Waals surface area contributed by atoms with Gasteiger partial charge in [-0.15, -0.1) is 0 Å². The predicted molar refractivity (Wildman–Crippen MR) is 73.3 cm³/mol. The second-order valence-electron chi connectivity index (χ2n) is 4.43. The summed E-state index contributed by atoms with van der Waals surface area (Å²) in [6.45, 7) is 0. The molecular weight excluding hydrogens is 281 g/mol. The second kappa shape index (κ2) is 5.87. The molecule has 0 aliphatic heterocycles. The van der Waals surface area contributed by atoms with E-state index in [1.54, 1.807) is 12.1 Å². The van der Waals surface area contributed by atoms with Gasteiger partial charge in [0.15, 0.2) is 5.76 Å². The van der Waals surface area contributed by atoms with Crippen LogP contribution in [0.1, 0.15) is 22.4 Å². The zero-order chi connectivity index (χ0) is 15.5. The molecule has 0 spiro atoms. The standard InChI is InChI=1S/C15H13F3N2O/c16-15(17,18)12-5-3-10(4-6-12)8-11-2-1-7-20-14(11)13(21)9-19/h1-7,9,21H,8,19H2/b13-9-. The van der Waals surface area contributed by atoms with E-state index in [1.165, 1.54) is 18.3 Å². The number of halogens is 3. The van der Waals surface area contributed by atoms with E-state index >= 15 is 0 Å². The molecule has 0 fully saturated rings. The number of aliphatic hydroxyl groups excluding tert-OH is 1. The van der Waals surface area contributed by atoms with E-state index in [-0.39, 0.29) is 5.76 Å². The molecule has 1 heterocycles. The molecule has 110 valence electrons. The molecule has 3 nitrogen and oxygen atoms in total. The summed E-state index contributed by atoms with van der Waals surface area (Å²) in [5, 5.41) is 9.66. The number of nitrogens with zero attached hydrogens (tertiary/aromatic N) is 1. The molecule has 0 unspecified atom stereocenters. The molecule has 0 saturated heterocycles. The molecule has 0 radical (unpaired) electrons. The number of hydrogen-bond acceptors (Lipinski definition) is 3. The first-order valence-electron chi connectivity index (χ1n) is 6.13. The van der Waals surface area contributed by atoms with Crippen LogP contribution < -0.4 is 5.73 Å². The fourth-order valence-electron chi connectivity index (χ4n) is 1.92. The summed E-state index contributed by atoms with van der Waals surface area (Å²) in [6.07, 6.45) is -1.47. The highest BCUT2D eigenvalue weighted by molar-refractivity contribution is 5.58. The third kappa shape index (κ3) is 3.53. The van der Waals surface area contributed by atoms with Crippen LogP contribution in [0.2, 0.25) is 0 Å². The van der Waals surface area contributed by atoms with Crippen LogP contribution in [0.15, 0.2) is 48.8 Å². The van der Waals surface area contributed by atoms with Crippen LogP contribution in [0, 0.1) is 0 Å². The van der Waals surface area contributed by atoms with Gasteiger partial charge in [0.05, 0.1) is 5.56 Å². The van der Waals surface area contributed by atoms with Gasteiger partial charge in [0.1, 0.15) is 5.69 Å². The maximum atomic E-state index is 12.5. The first kappa shape index (κ1) is 14.9. The largest absolute Gasteiger partial charge is 0.504 e. The van der Waals surface area contributed by atoms with Crippen LogP contribution in [-0.2, 0) is 12.6 Å². The van der Waals surface area contributed by atoms with Gasteiger partial charge in [0.2, 0.25) is 0 Å².